The number of hydrogen-bond donors (Lipinski definition) is 1. The van der Waals surface area contributed by atoms with E-state index in [1.807, 2.05) is 30.9 Å². The minimum atomic E-state index is -0.383. The summed E-state index contributed by atoms with van der Waals surface area (Å²) in [7, 11) is 5.29. The van der Waals surface area contributed by atoms with Crippen LogP contribution in [0.1, 0.15) is 51.6 Å². The molecular formula is C22H27N5O3S2. The Morgan fingerprint density at radius 2 is 2.03 bits per heavy atom. The summed E-state index contributed by atoms with van der Waals surface area (Å²) < 4.78 is 8.98. The molecule has 4 rings (SSSR count). The fourth-order valence-corrected chi connectivity index (χ4v) is 5.93. The quantitative estimate of drug-likeness (QED) is 0.320. The molecule has 3 heterocycles. The minimum absolute atomic E-state index is 0.177. The molecule has 0 aliphatic heterocycles. The number of thiophene rings is 1. The van der Waals surface area contributed by atoms with Gasteiger partial charge in [0.25, 0.3) is 0 Å². The lowest BCUT2D eigenvalue weighted by molar-refractivity contribution is -0.113. The third kappa shape index (κ3) is 4.75. The number of fused-ring (bicyclic) bond motifs is 1. The van der Waals surface area contributed by atoms with E-state index in [1.165, 1.54) is 35.1 Å². The molecule has 0 saturated carbocycles. The van der Waals surface area contributed by atoms with Gasteiger partial charge >= 0.3 is 5.97 Å². The van der Waals surface area contributed by atoms with Crippen LogP contribution in [0.2, 0.25) is 0 Å². The molecule has 1 N–H and O–H groups in total. The fraction of sp³-hybridized carbons (Fsp3) is 0.455. The van der Waals surface area contributed by atoms with E-state index >= 15 is 0 Å². The van der Waals surface area contributed by atoms with Crippen molar-refractivity contribution in [3.63, 3.8) is 0 Å². The number of nitrogens with one attached hydrogen (secondary N) is 1. The Morgan fingerprint density at radius 3 is 2.78 bits per heavy atom. The Hall–Kier alpha value is -2.59. The van der Waals surface area contributed by atoms with Crippen molar-refractivity contribution in [3.05, 3.63) is 45.9 Å². The Labute approximate surface area is 195 Å². The smallest absolute Gasteiger partial charge is 0.341 e. The van der Waals surface area contributed by atoms with E-state index in [0.717, 1.165) is 49.2 Å². The average molecular weight is 474 g/mol. The molecule has 0 atom stereocenters. The standard InChI is InChI=1S/C22H27N5O3S2/c1-26-11-7-8-14(26)12-17-24-25-22(27(17)2)31-13-18(28)23-20-19(21(29)30-3)15-9-5-4-6-10-16(15)32-20/h7-8,11H,4-6,9-10,12-13H2,1-3H3,(H,23,28). The number of carbonyl (C=O) groups is 2. The molecule has 0 saturated heterocycles. The van der Waals surface area contributed by atoms with Crippen LogP contribution in [0.4, 0.5) is 5.00 Å². The number of rotatable bonds is 7. The first kappa shape index (κ1) is 22.6. The first-order valence-corrected chi connectivity index (χ1v) is 12.4. The van der Waals surface area contributed by atoms with E-state index in [2.05, 4.69) is 26.1 Å². The SMILES string of the molecule is COC(=O)c1c(NC(=O)CSc2nnc(Cc3cccn3C)n2C)sc2c1CCCCC2. The second-order valence-electron chi connectivity index (χ2n) is 7.84. The summed E-state index contributed by atoms with van der Waals surface area (Å²) in [6.07, 6.45) is 7.77. The van der Waals surface area contributed by atoms with Crippen LogP contribution in [0.25, 0.3) is 0 Å². The highest BCUT2D eigenvalue weighted by atomic mass is 32.2. The van der Waals surface area contributed by atoms with Crippen LogP contribution in [0.5, 0.6) is 0 Å². The monoisotopic (exact) mass is 473 g/mol. The molecule has 0 fully saturated rings. The minimum Gasteiger partial charge on any atom is -0.465 e. The number of hydrogen-bond acceptors (Lipinski definition) is 7. The molecule has 0 radical (unpaired) electrons. The normalized spacial score (nSPS) is 13.5. The Morgan fingerprint density at radius 1 is 1.22 bits per heavy atom. The number of aromatic nitrogens is 4. The zero-order valence-electron chi connectivity index (χ0n) is 18.5. The third-order valence-corrected chi connectivity index (χ3v) is 7.94. The summed E-state index contributed by atoms with van der Waals surface area (Å²) in [5.41, 5.74) is 2.71. The molecule has 10 heteroatoms. The summed E-state index contributed by atoms with van der Waals surface area (Å²) in [5, 5.41) is 12.7. The first-order chi connectivity index (χ1) is 15.5. The van der Waals surface area contributed by atoms with Gasteiger partial charge in [-0.3, -0.25) is 4.79 Å². The predicted molar refractivity (Wildman–Crippen MR) is 125 cm³/mol. The Bertz CT molecular complexity index is 1130. The Kier molecular flexibility index (Phi) is 7.00. The predicted octanol–water partition coefficient (Wildman–Crippen LogP) is 3.59. The van der Waals surface area contributed by atoms with Crippen LogP contribution < -0.4 is 5.32 Å². The zero-order valence-corrected chi connectivity index (χ0v) is 20.1. The van der Waals surface area contributed by atoms with E-state index in [-0.39, 0.29) is 17.6 Å². The number of carbonyl (C=O) groups excluding carboxylic acids is 2. The molecular weight excluding hydrogens is 446 g/mol. The lowest BCUT2D eigenvalue weighted by Crippen LogP contribution is -2.16. The molecule has 3 aromatic rings. The van der Waals surface area contributed by atoms with E-state index in [0.29, 0.717) is 22.1 Å². The van der Waals surface area contributed by atoms with E-state index in [1.54, 1.807) is 0 Å². The molecule has 0 bridgehead atoms. The van der Waals surface area contributed by atoms with E-state index in [4.69, 9.17) is 4.74 Å². The number of aryl methyl sites for hydroxylation is 2. The van der Waals surface area contributed by atoms with Gasteiger partial charge in [0.2, 0.25) is 5.91 Å². The molecule has 8 nitrogen and oxygen atoms in total. The van der Waals surface area contributed by atoms with Gasteiger partial charge in [0.1, 0.15) is 10.8 Å². The Balaban J connectivity index is 1.43. The van der Waals surface area contributed by atoms with Crippen LogP contribution in [-0.4, -0.2) is 44.1 Å². The lowest BCUT2D eigenvalue weighted by atomic mass is 10.1. The molecule has 1 aliphatic rings. The molecule has 170 valence electrons. The number of anilines is 1. The highest BCUT2D eigenvalue weighted by Gasteiger charge is 2.26. The number of thioether (sulfide) groups is 1. The fourth-order valence-electron chi connectivity index (χ4n) is 3.91. The highest BCUT2D eigenvalue weighted by molar-refractivity contribution is 7.99. The van der Waals surface area contributed by atoms with Crippen molar-refractivity contribution < 1.29 is 14.3 Å². The van der Waals surface area contributed by atoms with Crippen molar-refractivity contribution in [2.45, 2.75) is 43.7 Å². The maximum Gasteiger partial charge on any atom is 0.341 e. The zero-order chi connectivity index (χ0) is 22.7. The number of esters is 1. The van der Waals surface area contributed by atoms with Gasteiger partial charge in [0.15, 0.2) is 5.16 Å². The molecule has 0 spiro atoms. The third-order valence-electron chi connectivity index (χ3n) is 5.71. The summed E-state index contributed by atoms with van der Waals surface area (Å²) >= 11 is 2.83. The summed E-state index contributed by atoms with van der Waals surface area (Å²) in [4.78, 5) is 26.3. The van der Waals surface area contributed by atoms with Crippen molar-refractivity contribution in [3.8, 4) is 0 Å². The second kappa shape index (κ2) is 9.91. The van der Waals surface area contributed by atoms with Gasteiger partial charge in [-0.25, -0.2) is 4.79 Å². The second-order valence-corrected chi connectivity index (χ2v) is 9.89. The molecule has 1 aliphatic carbocycles. The van der Waals surface area contributed by atoms with Gasteiger partial charge in [-0.05, 0) is 43.4 Å². The largest absolute Gasteiger partial charge is 0.465 e. The van der Waals surface area contributed by atoms with Gasteiger partial charge in [-0.2, -0.15) is 0 Å². The summed E-state index contributed by atoms with van der Waals surface area (Å²) in [6.45, 7) is 0. The van der Waals surface area contributed by atoms with Crippen molar-refractivity contribution in [1.82, 2.24) is 19.3 Å². The van der Waals surface area contributed by atoms with Crippen LogP contribution in [-0.2, 0) is 42.9 Å². The maximum absolute atomic E-state index is 12.7. The van der Waals surface area contributed by atoms with Gasteiger partial charge in [0.05, 0.1) is 18.4 Å². The van der Waals surface area contributed by atoms with Crippen molar-refractivity contribution >= 4 is 40.0 Å². The first-order valence-electron chi connectivity index (χ1n) is 10.6. The van der Waals surface area contributed by atoms with Crippen molar-refractivity contribution in [2.24, 2.45) is 14.1 Å². The maximum atomic E-state index is 12.7. The van der Waals surface area contributed by atoms with Gasteiger partial charge in [-0.1, -0.05) is 18.2 Å². The van der Waals surface area contributed by atoms with E-state index in [9.17, 15) is 9.59 Å². The summed E-state index contributed by atoms with van der Waals surface area (Å²) in [5.74, 6) is 0.457. The molecule has 1 amide bonds. The van der Waals surface area contributed by atoms with E-state index < -0.39 is 0 Å². The van der Waals surface area contributed by atoms with Gasteiger partial charge in [-0.15, -0.1) is 21.5 Å². The molecule has 0 aromatic carbocycles. The average Bonchev–Trinajstić information content (AvgIpc) is 3.39. The van der Waals surface area contributed by atoms with Gasteiger partial charge < -0.3 is 19.2 Å². The number of amides is 1. The van der Waals surface area contributed by atoms with Crippen molar-refractivity contribution in [2.75, 3.05) is 18.2 Å². The van der Waals surface area contributed by atoms with Gasteiger partial charge in [0, 0.05) is 37.3 Å². The number of methoxy groups -OCH3 is 1. The lowest BCUT2D eigenvalue weighted by Gasteiger charge is -2.08. The van der Waals surface area contributed by atoms with Crippen molar-refractivity contribution in [1.29, 1.82) is 0 Å². The van der Waals surface area contributed by atoms with Crippen LogP contribution in [0, 0.1) is 0 Å². The van der Waals surface area contributed by atoms with Crippen LogP contribution >= 0.6 is 23.1 Å². The number of nitrogens with zero attached hydrogens (tertiary/aromatic N) is 4. The molecule has 0 unspecified atom stereocenters. The molecule has 32 heavy (non-hydrogen) atoms. The van der Waals surface area contributed by atoms with Crippen LogP contribution in [0.3, 0.4) is 0 Å². The highest BCUT2D eigenvalue weighted by Crippen LogP contribution is 2.38. The summed E-state index contributed by atoms with van der Waals surface area (Å²) in [6, 6.07) is 4.05. The van der Waals surface area contributed by atoms with Crippen LogP contribution in [0.15, 0.2) is 23.5 Å². The molecule has 3 aromatic heterocycles. The number of ether oxygens (including phenoxy) is 1. The topological polar surface area (TPSA) is 91.0 Å².